The standard InChI is InChI=1S/C13H24N6O2/c1-5-7-14-10(20)9(3)16-12-17-11(15-8-6-2)18-13(19-12)21-4/h9H,5-8H2,1-4H3,(H,14,20)(H2,15,16,17,18,19). The van der Waals surface area contributed by atoms with E-state index in [1.54, 1.807) is 6.92 Å². The fourth-order valence-electron chi connectivity index (χ4n) is 1.49. The van der Waals surface area contributed by atoms with Crippen LogP contribution in [0.2, 0.25) is 0 Å². The van der Waals surface area contributed by atoms with E-state index in [1.165, 1.54) is 7.11 Å². The molecule has 0 bridgehead atoms. The first-order valence-corrected chi connectivity index (χ1v) is 7.18. The van der Waals surface area contributed by atoms with Crippen molar-refractivity contribution in [3.8, 4) is 6.01 Å². The molecule has 8 heteroatoms. The maximum atomic E-state index is 11.8. The van der Waals surface area contributed by atoms with Gasteiger partial charge in [-0.15, -0.1) is 0 Å². The number of aromatic nitrogens is 3. The highest BCUT2D eigenvalue weighted by Crippen LogP contribution is 2.11. The van der Waals surface area contributed by atoms with E-state index in [4.69, 9.17) is 4.74 Å². The summed E-state index contributed by atoms with van der Waals surface area (Å²) >= 11 is 0. The number of ether oxygens (including phenoxy) is 1. The van der Waals surface area contributed by atoms with Crippen LogP contribution in [0.4, 0.5) is 11.9 Å². The highest BCUT2D eigenvalue weighted by Gasteiger charge is 2.15. The number of anilines is 2. The van der Waals surface area contributed by atoms with E-state index >= 15 is 0 Å². The first-order chi connectivity index (χ1) is 10.1. The number of carbonyl (C=O) groups excluding carboxylic acids is 1. The van der Waals surface area contributed by atoms with Crippen LogP contribution < -0.4 is 20.7 Å². The van der Waals surface area contributed by atoms with Crippen LogP contribution in [0.25, 0.3) is 0 Å². The molecule has 1 rings (SSSR count). The fourth-order valence-corrected chi connectivity index (χ4v) is 1.49. The summed E-state index contributed by atoms with van der Waals surface area (Å²) in [5.74, 6) is 0.631. The zero-order chi connectivity index (χ0) is 15.7. The number of rotatable bonds is 9. The smallest absolute Gasteiger partial charge is 0.322 e. The third-order valence-electron chi connectivity index (χ3n) is 2.62. The van der Waals surface area contributed by atoms with Crippen LogP contribution in [-0.4, -0.2) is 47.1 Å². The number of amides is 1. The monoisotopic (exact) mass is 296 g/mol. The summed E-state index contributed by atoms with van der Waals surface area (Å²) in [5.41, 5.74) is 0. The Morgan fingerprint density at radius 1 is 1.14 bits per heavy atom. The molecule has 0 radical (unpaired) electrons. The molecule has 1 amide bonds. The van der Waals surface area contributed by atoms with Gasteiger partial charge in [-0.1, -0.05) is 13.8 Å². The van der Waals surface area contributed by atoms with Crippen LogP contribution in [0.5, 0.6) is 6.01 Å². The van der Waals surface area contributed by atoms with E-state index in [0.717, 1.165) is 19.4 Å². The lowest BCUT2D eigenvalue weighted by Gasteiger charge is -2.14. The van der Waals surface area contributed by atoms with Crippen LogP contribution in [0.15, 0.2) is 0 Å². The average Bonchev–Trinajstić information content (AvgIpc) is 2.50. The van der Waals surface area contributed by atoms with Crippen molar-refractivity contribution in [2.45, 2.75) is 39.7 Å². The van der Waals surface area contributed by atoms with Crippen molar-refractivity contribution >= 4 is 17.8 Å². The largest absolute Gasteiger partial charge is 0.467 e. The summed E-state index contributed by atoms with van der Waals surface area (Å²) < 4.78 is 5.04. The number of nitrogens with zero attached hydrogens (tertiary/aromatic N) is 3. The van der Waals surface area contributed by atoms with Gasteiger partial charge in [0, 0.05) is 13.1 Å². The maximum Gasteiger partial charge on any atom is 0.322 e. The second-order valence-electron chi connectivity index (χ2n) is 4.55. The lowest BCUT2D eigenvalue weighted by atomic mass is 10.3. The van der Waals surface area contributed by atoms with E-state index in [2.05, 4.69) is 30.9 Å². The normalized spacial score (nSPS) is 11.6. The molecule has 0 saturated carbocycles. The topological polar surface area (TPSA) is 101 Å². The molecule has 0 aromatic carbocycles. The molecule has 0 saturated heterocycles. The number of methoxy groups -OCH3 is 1. The van der Waals surface area contributed by atoms with E-state index in [-0.39, 0.29) is 11.9 Å². The third kappa shape index (κ3) is 5.80. The Kier molecular flexibility index (Phi) is 7.20. The maximum absolute atomic E-state index is 11.8. The molecule has 1 atom stereocenters. The molecule has 21 heavy (non-hydrogen) atoms. The van der Waals surface area contributed by atoms with Gasteiger partial charge in [0.2, 0.25) is 17.8 Å². The summed E-state index contributed by atoms with van der Waals surface area (Å²) in [4.78, 5) is 24.2. The summed E-state index contributed by atoms with van der Waals surface area (Å²) in [6.45, 7) is 7.19. The molecular weight excluding hydrogens is 272 g/mol. The molecule has 1 heterocycles. The van der Waals surface area contributed by atoms with Crippen LogP contribution >= 0.6 is 0 Å². The van der Waals surface area contributed by atoms with Gasteiger partial charge in [0.05, 0.1) is 7.11 Å². The Labute approximate surface area is 125 Å². The lowest BCUT2D eigenvalue weighted by Crippen LogP contribution is -2.38. The highest BCUT2D eigenvalue weighted by atomic mass is 16.5. The van der Waals surface area contributed by atoms with Crippen LogP contribution in [-0.2, 0) is 4.79 Å². The van der Waals surface area contributed by atoms with Crippen LogP contribution in [0.3, 0.4) is 0 Å². The lowest BCUT2D eigenvalue weighted by molar-refractivity contribution is -0.121. The first kappa shape index (κ1) is 16.9. The SMILES string of the molecule is CCCNC(=O)C(C)Nc1nc(NCCC)nc(OC)n1. The number of carbonyl (C=O) groups is 1. The van der Waals surface area contributed by atoms with Gasteiger partial charge in [-0.25, -0.2) is 0 Å². The molecule has 0 fully saturated rings. The molecule has 0 aliphatic heterocycles. The Hall–Kier alpha value is -2.12. The van der Waals surface area contributed by atoms with Crippen molar-refractivity contribution in [2.24, 2.45) is 0 Å². The van der Waals surface area contributed by atoms with Gasteiger partial charge < -0.3 is 20.7 Å². The van der Waals surface area contributed by atoms with E-state index in [0.29, 0.717) is 18.4 Å². The van der Waals surface area contributed by atoms with Gasteiger partial charge in [-0.3, -0.25) is 4.79 Å². The molecule has 0 spiro atoms. The Morgan fingerprint density at radius 3 is 2.43 bits per heavy atom. The van der Waals surface area contributed by atoms with E-state index in [1.807, 2.05) is 13.8 Å². The van der Waals surface area contributed by atoms with E-state index < -0.39 is 6.04 Å². The number of nitrogens with one attached hydrogen (secondary N) is 3. The molecule has 0 aliphatic carbocycles. The molecule has 1 aromatic rings. The Balaban J connectivity index is 2.74. The summed E-state index contributed by atoms with van der Waals surface area (Å²) in [5, 5.41) is 8.82. The summed E-state index contributed by atoms with van der Waals surface area (Å²) in [6, 6.07) is -0.241. The first-order valence-electron chi connectivity index (χ1n) is 7.18. The molecule has 3 N–H and O–H groups in total. The molecule has 0 aliphatic rings. The zero-order valence-corrected chi connectivity index (χ0v) is 13.1. The quantitative estimate of drug-likeness (QED) is 0.625. The Bertz CT molecular complexity index is 454. The summed E-state index contributed by atoms with van der Waals surface area (Å²) in [6.07, 6.45) is 1.84. The Morgan fingerprint density at radius 2 is 1.81 bits per heavy atom. The fraction of sp³-hybridized carbons (Fsp3) is 0.692. The highest BCUT2D eigenvalue weighted by molar-refractivity contribution is 5.83. The second-order valence-corrected chi connectivity index (χ2v) is 4.55. The van der Waals surface area contributed by atoms with Crippen molar-refractivity contribution in [1.29, 1.82) is 0 Å². The number of hydrogen-bond acceptors (Lipinski definition) is 7. The van der Waals surface area contributed by atoms with Gasteiger partial charge in [0.1, 0.15) is 6.04 Å². The van der Waals surface area contributed by atoms with Crippen molar-refractivity contribution in [2.75, 3.05) is 30.8 Å². The van der Waals surface area contributed by atoms with Gasteiger partial charge in [-0.05, 0) is 19.8 Å². The molecule has 118 valence electrons. The predicted octanol–water partition coefficient (Wildman–Crippen LogP) is 1.03. The van der Waals surface area contributed by atoms with Gasteiger partial charge >= 0.3 is 6.01 Å². The molecule has 1 unspecified atom stereocenters. The molecule has 8 nitrogen and oxygen atoms in total. The van der Waals surface area contributed by atoms with Crippen molar-refractivity contribution < 1.29 is 9.53 Å². The van der Waals surface area contributed by atoms with E-state index in [9.17, 15) is 4.79 Å². The molecular formula is C13H24N6O2. The summed E-state index contributed by atoms with van der Waals surface area (Å²) in [7, 11) is 1.49. The van der Waals surface area contributed by atoms with Gasteiger partial charge in [-0.2, -0.15) is 15.0 Å². The minimum atomic E-state index is -0.442. The number of hydrogen-bond donors (Lipinski definition) is 3. The minimum absolute atomic E-state index is 0.0979. The minimum Gasteiger partial charge on any atom is -0.467 e. The molecule has 1 aromatic heterocycles. The van der Waals surface area contributed by atoms with Gasteiger partial charge in [0.25, 0.3) is 0 Å². The van der Waals surface area contributed by atoms with Crippen molar-refractivity contribution in [3.05, 3.63) is 0 Å². The third-order valence-corrected chi connectivity index (χ3v) is 2.62. The van der Waals surface area contributed by atoms with Crippen LogP contribution in [0, 0.1) is 0 Å². The van der Waals surface area contributed by atoms with Gasteiger partial charge in [0.15, 0.2) is 0 Å². The van der Waals surface area contributed by atoms with Crippen molar-refractivity contribution in [3.63, 3.8) is 0 Å². The van der Waals surface area contributed by atoms with Crippen molar-refractivity contribution in [1.82, 2.24) is 20.3 Å². The predicted molar refractivity (Wildman–Crippen MR) is 81.5 cm³/mol. The average molecular weight is 296 g/mol. The second kappa shape index (κ2) is 8.93. The zero-order valence-electron chi connectivity index (χ0n) is 13.1. The van der Waals surface area contributed by atoms with Crippen LogP contribution in [0.1, 0.15) is 33.6 Å².